The number of terminal acetylenes is 1. The third-order valence-corrected chi connectivity index (χ3v) is 7.71. The van der Waals surface area contributed by atoms with Crippen molar-refractivity contribution in [3.8, 4) is 18.2 Å². The summed E-state index contributed by atoms with van der Waals surface area (Å²) in [6.07, 6.45) is 12.3. The number of thioether (sulfide) groups is 1. The maximum Gasteiger partial charge on any atom is 0.233 e. The number of fused-ring (bicyclic) bond motifs is 1. The summed E-state index contributed by atoms with van der Waals surface area (Å²) in [6, 6.07) is 6.18. The van der Waals surface area contributed by atoms with Crippen LogP contribution in [0.3, 0.4) is 0 Å². The molecule has 3 aromatic rings. The van der Waals surface area contributed by atoms with E-state index in [1.807, 2.05) is 4.90 Å². The minimum Gasteiger partial charge on any atom is -0.463 e. The van der Waals surface area contributed by atoms with Gasteiger partial charge in [-0.3, -0.25) is 0 Å². The number of amidine groups is 1. The number of halogens is 2. The lowest BCUT2D eigenvalue weighted by atomic mass is 9.70. The highest BCUT2D eigenvalue weighted by Crippen LogP contribution is 2.54. The normalized spacial score (nSPS) is 23.2. The van der Waals surface area contributed by atoms with Crippen molar-refractivity contribution < 1.29 is 13.5 Å². The van der Waals surface area contributed by atoms with Gasteiger partial charge in [0.05, 0.1) is 18.9 Å². The fraction of sp³-hybridized carbons (Fsp3) is 0.269. The van der Waals surface area contributed by atoms with E-state index in [2.05, 4.69) is 32.8 Å². The molecule has 4 heterocycles. The van der Waals surface area contributed by atoms with Gasteiger partial charge in [0.2, 0.25) is 11.8 Å². The van der Waals surface area contributed by atoms with E-state index in [4.69, 9.17) is 21.9 Å². The van der Waals surface area contributed by atoms with Crippen molar-refractivity contribution in [3.05, 3.63) is 71.7 Å². The molecular formula is C26H23F2N7OS. The number of nitrogens with two attached hydrogens (primary N) is 1. The summed E-state index contributed by atoms with van der Waals surface area (Å²) in [5.74, 6) is 2.59. The predicted molar refractivity (Wildman–Crippen MR) is 140 cm³/mol. The van der Waals surface area contributed by atoms with Gasteiger partial charge in [0.1, 0.15) is 17.1 Å². The average Bonchev–Trinajstić information content (AvgIpc) is 3.22. The first-order valence-electron chi connectivity index (χ1n) is 11.4. The number of hydrogen-bond donors (Lipinski definition) is 1. The van der Waals surface area contributed by atoms with Gasteiger partial charge < -0.3 is 15.4 Å². The molecule has 0 radical (unpaired) electrons. The summed E-state index contributed by atoms with van der Waals surface area (Å²) >= 11 is 1.44. The summed E-state index contributed by atoms with van der Waals surface area (Å²) in [6.45, 7) is 2.97. The molecule has 2 N–H and O–H groups in total. The quantitative estimate of drug-likeness (QED) is 0.493. The molecule has 0 amide bonds. The zero-order valence-corrected chi connectivity index (χ0v) is 20.8. The van der Waals surface area contributed by atoms with E-state index < -0.39 is 22.6 Å². The Kier molecular flexibility index (Phi) is 6.52. The lowest BCUT2D eigenvalue weighted by molar-refractivity contribution is 0.238. The molecule has 1 saturated heterocycles. The molecule has 8 nitrogen and oxygen atoms in total. The highest BCUT2D eigenvalue weighted by molar-refractivity contribution is 8.13. The van der Waals surface area contributed by atoms with Crippen molar-refractivity contribution in [2.75, 3.05) is 30.3 Å². The summed E-state index contributed by atoms with van der Waals surface area (Å²) in [5.41, 5.74) is 5.47. The summed E-state index contributed by atoms with van der Waals surface area (Å²) < 4.78 is 35.7. The van der Waals surface area contributed by atoms with Crippen molar-refractivity contribution in [3.63, 3.8) is 0 Å². The Hall–Kier alpha value is -4.04. The van der Waals surface area contributed by atoms with Crippen LogP contribution in [0.15, 0.2) is 54.0 Å². The number of rotatable bonds is 6. The fourth-order valence-corrected chi connectivity index (χ4v) is 5.75. The number of hydrogen-bond acceptors (Lipinski definition) is 9. The Morgan fingerprint density at radius 1 is 1.24 bits per heavy atom. The number of benzene rings is 1. The van der Waals surface area contributed by atoms with E-state index in [-0.39, 0.29) is 18.2 Å². The molecule has 2 atom stereocenters. The van der Waals surface area contributed by atoms with Gasteiger partial charge >= 0.3 is 0 Å². The van der Waals surface area contributed by atoms with Crippen molar-refractivity contribution in [1.29, 1.82) is 0 Å². The lowest BCUT2D eigenvalue weighted by Gasteiger charge is -2.42. The first-order valence-corrected chi connectivity index (χ1v) is 12.4. The van der Waals surface area contributed by atoms with E-state index in [0.29, 0.717) is 41.1 Å². The number of aromatic nitrogens is 4. The summed E-state index contributed by atoms with van der Waals surface area (Å²) in [4.78, 5) is 23.6. The summed E-state index contributed by atoms with van der Waals surface area (Å²) in [5, 5.41) is 0.377. The van der Waals surface area contributed by atoms with Crippen LogP contribution in [0, 0.1) is 23.6 Å². The molecule has 2 aliphatic heterocycles. The van der Waals surface area contributed by atoms with Crippen LogP contribution >= 0.6 is 11.8 Å². The molecule has 5 rings (SSSR count). The SMILES string of the molecule is C#CCOc1cnc(/C(F)=C/c2ccc(F)c([C@]34CN(c5ncccn5)C[C@@]3(C)CSC(N)=N4)c2)cn1. The molecular weight excluding hydrogens is 496 g/mol. The van der Waals surface area contributed by atoms with E-state index in [1.54, 1.807) is 24.5 Å². The predicted octanol–water partition coefficient (Wildman–Crippen LogP) is 3.67. The second-order valence-electron chi connectivity index (χ2n) is 9.03. The van der Waals surface area contributed by atoms with Gasteiger partial charge in [0.25, 0.3) is 0 Å². The number of ether oxygens (including phenoxy) is 1. The maximum absolute atomic E-state index is 15.5. The van der Waals surface area contributed by atoms with Crippen LogP contribution in [0.25, 0.3) is 11.9 Å². The highest BCUT2D eigenvalue weighted by Gasteiger charge is 2.59. The van der Waals surface area contributed by atoms with Gasteiger partial charge in [-0.15, -0.1) is 6.42 Å². The highest BCUT2D eigenvalue weighted by atomic mass is 32.2. The van der Waals surface area contributed by atoms with E-state index >= 15 is 8.78 Å². The van der Waals surface area contributed by atoms with Gasteiger partial charge in [-0.2, -0.15) is 0 Å². The smallest absolute Gasteiger partial charge is 0.233 e. The minimum absolute atomic E-state index is 0.00605. The minimum atomic E-state index is -1.01. The Labute approximate surface area is 217 Å². The Bertz CT molecular complexity index is 1410. The molecule has 37 heavy (non-hydrogen) atoms. The molecule has 2 aliphatic rings. The number of aliphatic imine (C=N–C) groups is 1. The standard InChI is InChI=1S/C26H23F2N7OS/c1-3-9-36-22-13-32-21(12-33-22)20(28)11-17-5-6-19(27)18(10-17)26-15-35(24-30-7-4-8-31-24)14-25(26,2)16-37-23(29)34-26/h1,4-8,10-13H,9,14-16H2,2H3,(H2,29,34)/b20-11-/t25-,26+/m0/s1. The van der Waals surface area contributed by atoms with Crippen LogP contribution in [-0.4, -0.2) is 50.6 Å². The van der Waals surface area contributed by atoms with Crippen LogP contribution in [0.2, 0.25) is 0 Å². The van der Waals surface area contributed by atoms with Gasteiger partial charge in [-0.25, -0.2) is 33.7 Å². The second-order valence-corrected chi connectivity index (χ2v) is 10.0. The zero-order chi connectivity index (χ0) is 26.0. The molecule has 0 bridgehead atoms. The van der Waals surface area contributed by atoms with Crippen molar-refractivity contribution in [1.82, 2.24) is 19.9 Å². The molecule has 1 aromatic carbocycles. The lowest BCUT2D eigenvalue weighted by Crippen LogP contribution is -2.48. The largest absolute Gasteiger partial charge is 0.463 e. The van der Waals surface area contributed by atoms with E-state index in [0.717, 1.165) is 0 Å². The first kappa shape index (κ1) is 24.6. The molecule has 2 aromatic heterocycles. The van der Waals surface area contributed by atoms with E-state index in [9.17, 15) is 0 Å². The second kappa shape index (κ2) is 9.78. The van der Waals surface area contributed by atoms with E-state index in [1.165, 1.54) is 42.4 Å². The van der Waals surface area contributed by atoms with Crippen molar-refractivity contribution in [2.45, 2.75) is 12.5 Å². The number of nitrogens with zero attached hydrogens (tertiary/aromatic N) is 6. The summed E-state index contributed by atoms with van der Waals surface area (Å²) in [7, 11) is 0. The molecule has 11 heteroatoms. The topological polar surface area (TPSA) is 102 Å². The average molecular weight is 520 g/mol. The number of anilines is 1. The van der Waals surface area contributed by atoms with Crippen molar-refractivity contribution >= 4 is 34.8 Å². The maximum atomic E-state index is 15.5. The Morgan fingerprint density at radius 2 is 2.05 bits per heavy atom. The van der Waals surface area contributed by atoms with Crippen molar-refractivity contribution in [2.24, 2.45) is 16.1 Å². The fourth-order valence-electron chi connectivity index (χ4n) is 4.73. The molecule has 0 aliphatic carbocycles. The molecule has 0 spiro atoms. The van der Waals surface area contributed by atoms with Crippen LogP contribution in [0.4, 0.5) is 14.7 Å². The van der Waals surface area contributed by atoms with Gasteiger partial charge in [0.15, 0.2) is 17.6 Å². The Balaban J connectivity index is 1.52. The van der Waals surface area contributed by atoms with Crippen LogP contribution in [-0.2, 0) is 5.54 Å². The van der Waals surface area contributed by atoms with Crippen LogP contribution in [0.1, 0.15) is 23.7 Å². The van der Waals surface area contributed by atoms with Gasteiger partial charge in [-0.1, -0.05) is 30.7 Å². The third kappa shape index (κ3) is 4.60. The third-order valence-electron chi connectivity index (χ3n) is 6.54. The van der Waals surface area contributed by atoms with Crippen LogP contribution in [0.5, 0.6) is 5.88 Å². The Morgan fingerprint density at radius 3 is 2.78 bits per heavy atom. The zero-order valence-electron chi connectivity index (χ0n) is 19.9. The molecule has 0 unspecified atom stereocenters. The van der Waals surface area contributed by atoms with Crippen LogP contribution < -0.4 is 15.4 Å². The first-order chi connectivity index (χ1) is 17.8. The molecule has 1 fully saturated rings. The monoisotopic (exact) mass is 519 g/mol. The van der Waals surface area contributed by atoms with Gasteiger partial charge in [-0.05, 0) is 29.8 Å². The van der Waals surface area contributed by atoms with Gasteiger partial charge in [0, 0.05) is 35.7 Å². The molecule has 0 saturated carbocycles. The molecule has 188 valence electrons.